The second-order valence-corrected chi connectivity index (χ2v) is 7.06. The van der Waals surface area contributed by atoms with E-state index in [0.29, 0.717) is 18.1 Å². The smallest absolute Gasteiger partial charge is 0.232 e. The van der Waals surface area contributed by atoms with Gasteiger partial charge in [0.25, 0.3) is 0 Å². The monoisotopic (exact) mass is 357 g/mol. The fraction of sp³-hybridized carbons (Fsp3) is 0.263. The first-order chi connectivity index (χ1) is 12.0. The molecular formula is C19H20FN3OS. The van der Waals surface area contributed by atoms with Gasteiger partial charge >= 0.3 is 0 Å². The van der Waals surface area contributed by atoms with Crippen molar-refractivity contribution >= 4 is 23.3 Å². The number of thioether (sulfide) groups is 1. The Balaban J connectivity index is 1.51. The van der Waals surface area contributed by atoms with Crippen molar-refractivity contribution in [3.8, 4) is 0 Å². The SMILES string of the molecule is Cc1ccc2nc(CSCC(=O)N(C)Cc3cccc(F)c3)cn2c1. The lowest BCUT2D eigenvalue weighted by Gasteiger charge is -2.17. The molecule has 0 saturated carbocycles. The highest BCUT2D eigenvalue weighted by Gasteiger charge is 2.11. The van der Waals surface area contributed by atoms with Crippen LogP contribution in [0.2, 0.25) is 0 Å². The molecule has 3 rings (SSSR count). The summed E-state index contributed by atoms with van der Waals surface area (Å²) in [5.74, 6) is 0.794. The highest BCUT2D eigenvalue weighted by molar-refractivity contribution is 7.99. The number of halogens is 1. The average molecular weight is 357 g/mol. The minimum atomic E-state index is -0.283. The zero-order valence-electron chi connectivity index (χ0n) is 14.3. The number of benzene rings is 1. The highest BCUT2D eigenvalue weighted by atomic mass is 32.2. The molecule has 0 aliphatic rings. The number of carbonyl (C=O) groups excluding carboxylic acids is 1. The van der Waals surface area contributed by atoms with E-state index < -0.39 is 0 Å². The second-order valence-electron chi connectivity index (χ2n) is 6.08. The van der Waals surface area contributed by atoms with E-state index in [4.69, 9.17) is 0 Å². The molecule has 2 heterocycles. The predicted molar refractivity (Wildman–Crippen MR) is 99.0 cm³/mol. The molecule has 0 atom stereocenters. The summed E-state index contributed by atoms with van der Waals surface area (Å²) in [5.41, 5.74) is 3.83. The third-order valence-corrected chi connectivity index (χ3v) is 4.81. The maximum atomic E-state index is 13.2. The lowest BCUT2D eigenvalue weighted by molar-refractivity contribution is -0.127. The highest BCUT2D eigenvalue weighted by Crippen LogP contribution is 2.15. The van der Waals surface area contributed by atoms with Crippen LogP contribution >= 0.6 is 11.8 Å². The first kappa shape index (κ1) is 17.5. The first-order valence-corrected chi connectivity index (χ1v) is 9.17. The van der Waals surface area contributed by atoms with Gasteiger partial charge in [0.1, 0.15) is 11.5 Å². The van der Waals surface area contributed by atoms with Gasteiger partial charge in [-0.05, 0) is 36.2 Å². The van der Waals surface area contributed by atoms with Crippen LogP contribution in [0.1, 0.15) is 16.8 Å². The number of aryl methyl sites for hydroxylation is 1. The fourth-order valence-electron chi connectivity index (χ4n) is 2.58. The van der Waals surface area contributed by atoms with Crippen LogP contribution in [0.25, 0.3) is 5.65 Å². The van der Waals surface area contributed by atoms with Crippen molar-refractivity contribution in [2.24, 2.45) is 0 Å². The molecule has 0 unspecified atom stereocenters. The van der Waals surface area contributed by atoms with Crippen molar-refractivity contribution in [2.75, 3.05) is 12.8 Å². The van der Waals surface area contributed by atoms with Crippen LogP contribution < -0.4 is 0 Å². The molecule has 1 amide bonds. The standard InChI is InChI=1S/C19H20FN3OS/c1-14-6-7-18-21-17(11-23(18)9-14)12-25-13-19(24)22(2)10-15-4-3-5-16(20)8-15/h3-9,11H,10,12-13H2,1-2H3. The molecule has 0 N–H and O–H groups in total. The molecular weight excluding hydrogens is 337 g/mol. The minimum Gasteiger partial charge on any atom is -0.341 e. The molecule has 0 bridgehead atoms. The molecule has 1 aromatic carbocycles. The Bertz CT molecular complexity index is 893. The molecule has 0 aliphatic heterocycles. The molecule has 0 radical (unpaired) electrons. The summed E-state index contributed by atoms with van der Waals surface area (Å²) in [6, 6.07) is 10.3. The van der Waals surface area contributed by atoms with Crippen molar-refractivity contribution in [3.05, 3.63) is 71.4 Å². The molecule has 2 aromatic heterocycles. The van der Waals surface area contributed by atoms with Crippen molar-refractivity contribution in [1.29, 1.82) is 0 Å². The summed E-state index contributed by atoms with van der Waals surface area (Å²) in [5, 5.41) is 0. The molecule has 0 fully saturated rings. The normalized spacial score (nSPS) is 11.0. The topological polar surface area (TPSA) is 37.6 Å². The average Bonchev–Trinajstić information content (AvgIpc) is 2.96. The van der Waals surface area contributed by atoms with Gasteiger partial charge in [0.2, 0.25) is 5.91 Å². The summed E-state index contributed by atoms with van der Waals surface area (Å²) < 4.78 is 15.2. The largest absolute Gasteiger partial charge is 0.341 e. The predicted octanol–water partition coefficient (Wildman–Crippen LogP) is 3.67. The van der Waals surface area contributed by atoms with E-state index in [1.807, 2.05) is 41.9 Å². The molecule has 130 valence electrons. The number of fused-ring (bicyclic) bond motifs is 1. The Morgan fingerprint density at radius 3 is 2.92 bits per heavy atom. The molecule has 25 heavy (non-hydrogen) atoms. The Hall–Kier alpha value is -2.34. The first-order valence-electron chi connectivity index (χ1n) is 8.01. The lowest BCUT2D eigenvalue weighted by atomic mass is 10.2. The van der Waals surface area contributed by atoms with Crippen LogP contribution in [0, 0.1) is 12.7 Å². The zero-order chi connectivity index (χ0) is 17.8. The number of carbonyl (C=O) groups is 1. The summed E-state index contributed by atoms with van der Waals surface area (Å²) in [6.07, 6.45) is 4.03. The van der Waals surface area contributed by atoms with Crippen LogP contribution in [0.15, 0.2) is 48.8 Å². The molecule has 3 aromatic rings. The molecule has 0 aliphatic carbocycles. The second kappa shape index (κ2) is 7.70. The zero-order valence-corrected chi connectivity index (χ0v) is 15.1. The van der Waals surface area contributed by atoms with E-state index >= 15 is 0 Å². The molecule has 4 nitrogen and oxygen atoms in total. The maximum Gasteiger partial charge on any atom is 0.232 e. The molecule has 6 heteroatoms. The maximum absolute atomic E-state index is 13.2. The van der Waals surface area contributed by atoms with Gasteiger partial charge in [-0.2, -0.15) is 0 Å². The fourth-order valence-corrected chi connectivity index (χ4v) is 3.42. The van der Waals surface area contributed by atoms with Crippen LogP contribution in [0.4, 0.5) is 4.39 Å². The van der Waals surface area contributed by atoms with Crippen molar-refractivity contribution in [3.63, 3.8) is 0 Å². The van der Waals surface area contributed by atoms with Gasteiger partial charge < -0.3 is 9.30 Å². The van der Waals surface area contributed by atoms with Gasteiger partial charge in [-0.25, -0.2) is 9.37 Å². The van der Waals surface area contributed by atoms with E-state index in [1.54, 1.807) is 18.0 Å². The van der Waals surface area contributed by atoms with Gasteiger partial charge in [-0.3, -0.25) is 4.79 Å². The number of imidazole rings is 1. The van der Waals surface area contributed by atoms with Crippen LogP contribution in [0.5, 0.6) is 0 Å². The Morgan fingerprint density at radius 1 is 1.28 bits per heavy atom. The number of amides is 1. The Morgan fingerprint density at radius 2 is 2.12 bits per heavy atom. The van der Waals surface area contributed by atoms with E-state index in [0.717, 1.165) is 16.9 Å². The van der Waals surface area contributed by atoms with Gasteiger partial charge in [0.05, 0.1) is 11.4 Å². The third kappa shape index (κ3) is 4.60. The summed E-state index contributed by atoms with van der Waals surface area (Å²) in [6.45, 7) is 2.45. The van der Waals surface area contributed by atoms with E-state index in [9.17, 15) is 9.18 Å². The van der Waals surface area contributed by atoms with Crippen molar-refractivity contribution < 1.29 is 9.18 Å². The van der Waals surface area contributed by atoms with E-state index in [1.165, 1.54) is 29.5 Å². The van der Waals surface area contributed by atoms with Gasteiger partial charge in [-0.15, -0.1) is 11.8 Å². The number of aromatic nitrogens is 2. The van der Waals surface area contributed by atoms with Crippen molar-refractivity contribution in [1.82, 2.24) is 14.3 Å². The van der Waals surface area contributed by atoms with Gasteiger partial charge in [0, 0.05) is 31.7 Å². The van der Waals surface area contributed by atoms with Crippen LogP contribution in [-0.4, -0.2) is 33.0 Å². The number of rotatable bonds is 6. The van der Waals surface area contributed by atoms with Crippen molar-refractivity contribution in [2.45, 2.75) is 19.2 Å². The number of nitrogens with zero attached hydrogens (tertiary/aromatic N) is 3. The van der Waals surface area contributed by atoms with E-state index in [2.05, 4.69) is 4.98 Å². The minimum absolute atomic E-state index is 0.0221. The quantitative estimate of drug-likeness (QED) is 0.675. The molecule has 0 saturated heterocycles. The summed E-state index contributed by atoms with van der Waals surface area (Å²) >= 11 is 1.53. The Labute approximate surface area is 150 Å². The third-order valence-electron chi connectivity index (χ3n) is 3.86. The number of pyridine rings is 1. The Kier molecular flexibility index (Phi) is 5.38. The van der Waals surface area contributed by atoms with Gasteiger partial charge in [0.15, 0.2) is 0 Å². The molecule has 0 spiro atoms. The number of hydrogen-bond acceptors (Lipinski definition) is 3. The summed E-state index contributed by atoms with van der Waals surface area (Å²) in [4.78, 5) is 18.4. The summed E-state index contributed by atoms with van der Waals surface area (Å²) in [7, 11) is 1.74. The van der Waals surface area contributed by atoms with Crippen LogP contribution in [0.3, 0.4) is 0 Å². The van der Waals surface area contributed by atoms with E-state index in [-0.39, 0.29) is 11.7 Å². The lowest BCUT2D eigenvalue weighted by Crippen LogP contribution is -2.27. The van der Waals surface area contributed by atoms with Gasteiger partial charge in [-0.1, -0.05) is 18.2 Å². The van der Waals surface area contributed by atoms with Crippen LogP contribution in [-0.2, 0) is 17.1 Å². The number of hydrogen-bond donors (Lipinski definition) is 0.